The van der Waals surface area contributed by atoms with Crippen LogP contribution in [0.3, 0.4) is 0 Å². The van der Waals surface area contributed by atoms with Crippen LogP contribution in [0.1, 0.15) is 5.56 Å². The molecule has 28 heavy (non-hydrogen) atoms. The van der Waals surface area contributed by atoms with Crippen molar-refractivity contribution in [3.05, 3.63) is 72.0 Å². The Morgan fingerprint density at radius 3 is 2.54 bits per heavy atom. The zero-order chi connectivity index (χ0) is 19.7. The van der Waals surface area contributed by atoms with E-state index in [-0.39, 0.29) is 5.69 Å². The van der Waals surface area contributed by atoms with E-state index in [1.807, 2.05) is 37.3 Å². The van der Waals surface area contributed by atoms with Crippen LogP contribution < -0.4 is 16.4 Å². The Bertz CT molecular complexity index is 1170. The number of rotatable bonds is 3. The van der Waals surface area contributed by atoms with Crippen molar-refractivity contribution in [3.63, 3.8) is 0 Å². The number of urea groups is 1. The number of aryl methyl sites for hydroxylation is 1. The number of benzene rings is 3. The van der Waals surface area contributed by atoms with Crippen LogP contribution in [0.15, 0.2) is 60.7 Å². The van der Waals surface area contributed by atoms with Crippen LogP contribution in [0.4, 0.5) is 26.4 Å². The molecule has 6 nitrogen and oxygen atoms in total. The minimum atomic E-state index is -0.508. The monoisotopic (exact) mass is 375 g/mol. The summed E-state index contributed by atoms with van der Waals surface area (Å²) in [4.78, 5) is 12.1. The molecular weight excluding hydrogens is 357 g/mol. The van der Waals surface area contributed by atoms with Gasteiger partial charge in [-0.1, -0.05) is 24.3 Å². The van der Waals surface area contributed by atoms with Crippen LogP contribution in [-0.4, -0.2) is 16.2 Å². The van der Waals surface area contributed by atoms with Crippen LogP contribution >= 0.6 is 0 Å². The fourth-order valence-corrected chi connectivity index (χ4v) is 2.99. The van der Waals surface area contributed by atoms with Crippen molar-refractivity contribution in [2.75, 3.05) is 16.4 Å². The van der Waals surface area contributed by atoms with Gasteiger partial charge in [-0.3, -0.25) is 5.10 Å². The van der Waals surface area contributed by atoms with Crippen molar-refractivity contribution < 1.29 is 9.18 Å². The summed E-state index contributed by atoms with van der Waals surface area (Å²) in [5.74, 6) is -0.0110. The fourth-order valence-electron chi connectivity index (χ4n) is 2.99. The number of fused-ring (bicyclic) bond motifs is 1. The van der Waals surface area contributed by atoms with Crippen LogP contribution in [-0.2, 0) is 0 Å². The molecule has 1 heterocycles. The minimum Gasteiger partial charge on any atom is -0.382 e. The molecule has 0 radical (unpaired) electrons. The van der Waals surface area contributed by atoms with Gasteiger partial charge in [-0.05, 0) is 60.0 Å². The highest BCUT2D eigenvalue weighted by atomic mass is 19.1. The molecule has 0 aliphatic heterocycles. The van der Waals surface area contributed by atoms with E-state index in [0.717, 1.165) is 27.6 Å². The first-order valence-electron chi connectivity index (χ1n) is 8.68. The number of carbonyl (C=O) groups is 1. The lowest BCUT2D eigenvalue weighted by molar-refractivity contribution is 0.262. The second-order valence-electron chi connectivity index (χ2n) is 6.51. The molecule has 0 saturated heterocycles. The van der Waals surface area contributed by atoms with E-state index in [1.165, 1.54) is 6.07 Å². The summed E-state index contributed by atoms with van der Waals surface area (Å²) >= 11 is 0. The van der Waals surface area contributed by atoms with Gasteiger partial charge in [0.25, 0.3) is 0 Å². The normalized spacial score (nSPS) is 10.8. The topological polar surface area (TPSA) is 95.8 Å². The lowest BCUT2D eigenvalue weighted by Gasteiger charge is -2.10. The summed E-state index contributed by atoms with van der Waals surface area (Å²) in [5, 5.41) is 13.0. The molecule has 3 aromatic carbocycles. The van der Waals surface area contributed by atoms with Crippen molar-refractivity contribution in [2.45, 2.75) is 6.92 Å². The van der Waals surface area contributed by atoms with Crippen molar-refractivity contribution in [2.24, 2.45) is 0 Å². The number of aromatic nitrogens is 2. The largest absolute Gasteiger partial charge is 0.382 e. The number of anilines is 3. The quantitative estimate of drug-likeness (QED) is 0.410. The summed E-state index contributed by atoms with van der Waals surface area (Å²) in [5.41, 5.74) is 10.2. The number of aromatic amines is 1. The van der Waals surface area contributed by atoms with E-state index < -0.39 is 11.8 Å². The highest BCUT2D eigenvalue weighted by molar-refractivity contribution is 6.00. The number of hydrogen-bond acceptors (Lipinski definition) is 3. The van der Waals surface area contributed by atoms with Crippen LogP contribution in [0.25, 0.3) is 22.0 Å². The number of nitrogen functional groups attached to an aromatic ring is 1. The Labute approximate surface area is 160 Å². The Morgan fingerprint density at radius 2 is 1.75 bits per heavy atom. The molecule has 0 spiro atoms. The molecule has 0 atom stereocenters. The number of carbonyl (C=O) groups excluding carboxylic acids is 1. The van der Waals surface area contributed by atoms with Gasteiger partial charge in [0.05, 0.1) is 11.2 Å². The zero-order valence-electron chi connectivity index (χ0n) is 15.1. The first-order chi connectivity index (χ1) is 13.5. The van der Waals surface area contributed by atoms with Crippen molar-refractivity contribution in [3.8, 4) is 11.1 Å². The van der Waals surface area contributed by atoms with Crippen LogP contribution in [0, 0.1) is 12.7 Å². The predicted molar refractivity (Wildman–Crippen MR) is 110 cm³/mol. The van der Waals surface area contributed by atoms with Gasteiger partial charge in [0, 0.05) is 11.1 Å². The Hall–Kier alpha value is -3.87. The molecule has 7 heteroatoms. The maximum Gasteiger partial charge on any atom is 0.323 e. The molecule has 2 amide bonds. The SMILES string of the molecule is Cc1ccc(F)c(NC(=O)Nc2ccc(-c3ccc4c(N)n[nH]c4c3)cc2)c1. The van der Waals surface area contributed by atoms with Gasteiger partial charge in [0.2, 0.25) is 0 Å². The van der Waals surface area contributed by atoms with E-state index in [4.69, 9.17) is 5.73 Å². The Morgan fingerprint density at radius 1 is 1.00 bits per heavy atom. The average Bonchev–Trinajstić information content (AvgIpc) is 3.05. The Kier molecular flexibility index (Phi) is 4.41. The third-order valence-corrected chi connectivity index (χ3v) is 4.44. The second kappa shape index (κ2) is 7.03. The smallest absolute Gasteiger partial charge is 0.323 e. The standard InChI is InChI=1S/C21H18FN5O/c1-12-2-9-17(22)19(10-12)25-21(28)24-15-6-3-13(4-7-15)14-5-8-16-18(11-14)26-27-20(16)23/h2-11H,1H3,(H3,23,26,27)(H2,24,25,28). The molecule has 1 aromatic heterocycles. The van der Waals surface area contributed by atoms with Gasteiger partial charge in [-0.25, -0.2) is 9.18 Å². The van der Waals surface area contributed by atoms with E-state index in [9.17, 15) is 9.18 Å². The molecule has 4 rings (SSSR count). The van der Waals surface area contributed by atoms with E-state index in [2.05, 4.69) is 20.8 Å². The predicted octanol–water partition coefficient (Wildman–Crippen LogP) is 4.90. The summed E-state index contributed by atoms with van der Waals surface area (Å²) in [6.07, 6.45) is 0. The van der Waals surface area contributed by atoms with Crippen molar-refractivity contribution >= 4 is 34.1 Å². The number of H-pyrrole nitrogens is 1. The summed E-state index contributed by atoms with van der Waals surface area (Å²) in [6, 6.07) is 17.2. The molecule has 0 bridgehead atoms. The molecule has 0 fully saturated rings. The van der Waals surface area contributed by atoms with Gasteiger partial charge in [0.15, 0.2) is 5.82 Å². The second-order valence-corrected chi connectivity index (χ2v) is 6.51. The molecule has 0 saturated carbocycles. The molecule has 0 aliphatic rings. The molecule has 140 valence electrons. The van der Waals surface area contributed by atoms with Crippen LogP contribution in [0.5, 0.6) is 0 Å². The number of nitrogens with one attached hydrogen (secondary N) is 3. The molecule has 4 aromatic rings. The van der Waals surface area contributed by atoms with Crippen LogP contribution in [0.2, 0.25) is 0 Å². The van der Waals surface area contributed by atoms with Crippen molar-refractivity contribution in [1.82, 2.24) is 10.2 Å². The van der Waals surface area contributed by atoms with Crippen molar-refractivity contribution in [1.29, 1.82) is 0 Å². The van der Waals surface area contributed by atoms with E-state index >= 15 is 0 Å². The first kappa shape index (κ1) is 17.5. The molecule has 0 unspecified atom stereocenters. The van der Waals surface area contributed by atoms with E-state index in [0.29, 0.717) is 11.5 Å². The fraction of sp³-hybridized carbons (Fsp3) is 0.0476. The Balaban J connectivity index is 1.48. The van der Waals surface area contributed by atoms with Gasteiger partial charge in [-0.15, -0.1) is 0 Å². The maximum absolute atomic E-state index is 13.8. The number of hydrogen-bond donors (Lipinski definition) is 4. The van der Waals surface area contributed by atoms with E-state index in [1.54, 1.807) is 24.3 Å². The summed E-state index contributed by atoms with van der Waals surface area (Å²) in [7, 11) is 0. The summed E-state index contributed by atoms with van der Waals surface area (Å²) < 4.78 is 13.8. The van der Waals surface area contributed by atoms with Gasteiger partial charge < -0.3 is 16.4 Å². The lowest BCUT2D eigenvalue weighted by Crippen LogP contribution is -2.20. The molecule has 5 N–H and O–H groups in total. The third kappa shape index (κ3) is 3.50. The third-order valence-electron chi connectivity index (χ3n) is 4.44. The highest BCUT2D eigenvalue weighted by Gasteiger charge is 2.08. The average molecular weight is 375 g/mol. The highest BCUT2D eigenvalue weighted by Crippen LogP contribution is 2.27. The number of nitrogens with zero attached hydrogens (tertiary/aromatic N) is 1. The number of amides is 2. The molecule has 0 aliphatic carbocycles. The minimum absolute atomic E-state index is 0.140. The zero-order valence-corrected chi connectivity index (χ0v) is 15.1. The number of halogens is 1. The first-order valence-corrected chi connectivity index (χ1v) is 8.68. The maximum atomic E-state index is 13.8. The van der Waals surface area contributed by atoms with Gasteiger partial charge >= 0.3 is 6.03 Å². The number of nitrogens with two attached hydrogens (primary N) is 1. The lowest BCUT2D eigenvalue weighted by atomic mass is 10.0. The summed E-state index contributed by atoms with van der Waals surface area (Å²) in [6.45, 7) is 1.83. The molecular formula is C21H18FN5O. The van der Waals surface area contributed by atoms with Gasteiger partial charge in [-0.2, -0.15) is 5.10 Å². The van der Waals surface area contributed by atoms with Gasteiger partial charge in [0.1, 0.15) is 5.82 Å².